The minimum absolute atomic E-state index is 0.783. The Morgan fingerprint density at radius 1 is 1.25 bits per heavy atom. The van der Waals surface area contributed by atoms with Gasteiger partial charge in [0.05, 0.1) is 18.5 Å². The third-order valence-corrected chi connectivity index (χ3v) is 2.30. The maximum atomic E-state index is 5.54. The van der Waals surface area contributed by atoms with E-state index in [2.05, 4.69) is 24.1 Å². The summed E-state index contributed by atoms with van der Waals surface area (Å²) in [6, 6.07) is 4.01. The largest absolute Gasteiger partial charge is 0.492 e. The Balaban J connectivity index is 2.30. The van der Waals surface area contributed by atoms with Crippen molar-refractivity contribution in [1.82, 2.24) is 10.3 Å². The summed E-state index contributed by atoms with van der Waals surface area (Å²) in [6.45, 7) is 6.97. The van der Waals surface area contributed by atoms with Crippen LogP contribution in [0.4, 0.5) is 0 Å². The van der Waals surface area contributed by atoms with E-state index in [0.29, 0.717) is 0 Å². The van der Waals surface area contributed by atoms with Gasteiger partial charge in [-0.2, -0.15) is 0 Å². The van der Waals surface area contributed by atoms with E-state index in [-0.39, 0.29) is 0 Å². The van der Waals surface area contributed by atoms with Crippen molar-refractivity contribution in [3.8, 4) is 5.75 Å². The van der Waals surface area contributed by atoms with Crippen molar-refractivity contribution in [2.24, 2.45) is 0 Å². The van der Waals surface area contributed by atoms with Gasteiger partial charge in [-0.1, -0.05) is 20.3 Å². The van der Waals surface area contributed by atoms with E-state index in [9.17, 15) is 0 Å². The van der Waals surface area contributed by atoms with Crippen molar-refractivity contribution in [1.29, 1.82) is 0 Å². The smallest absolute Gasteiger partial charge is 0.137 e. The molecule has 0 saturated carbocycles. The van der Waals surface area contributed by atoms with Gasteiger partial charge in [-0.05, 0) is 31.5 Å². The summed E-state index contributed by atoms with van der Waals surface area (Å²) >= 11 is 0. The third kappa shape index (κ3) is 5.12. The molecule has 1 aromatic rings. The Labute approximate surface area is 98.2 Å². The zero-order valence-electron chi connectivity index (χ0n) is 10.3. The van der Waals surface area contributed by atoms with Crippen molar-refractivity contribution >= 4 is 0 Å². The zero-order chi connectivity index (χ0) is 11.6. The number of rotatable bonds is 8. The van der Waals surface area contributed by atoms with E-state index in [1.165, 1.54) is 0 Å². The van der Waals surface area contributed by atoms with Gasteiger partial charge in [0.2, 0.25) is 0 Å². The number of hydrogen-bond acceptors (Lipinski definition) is 3. The molecular weight excluding hydrogens is 200 g/mol. The first kappa shape index (κ1) is 13.0. The summed E-state index contributed by atoms with van der Waals surface area (Å²) in [5.41, 5.74) is 1.07. The number of nitrogens with zero attached hydrogens (tertiary/aromatic N) is 1. The topological polar surface area (TPSA) is 34.1 Å². The summed E-state index contributed by atoms with van der Waals surface area (Å²) in [5, 5.41) is 3.32. The van der Waals surface area contributed by atoms with Gasteiger partial charge in [-0.3, -0.25) is 4.98 Å². The van der Waals surface area contributed by atoms with Gasteiger partial charge in [-0.15, -0.1) is 0 Å². The molecule has 16 heavy (non-hydrogen) atoms. The standard InChI is InChI=1S/C13H22N2O/c1-3-5-9-16-13-7-6-12(15-11-13)10-14-8-4-2/h6-7,11,14H,3-5,8-10H2,1-2H3. The van der Waals surface area contributed by atoms with Crippen molar-refractivity contribution in [3.63, 3.8) is 0 Å². The van der Waals surface area contributed by atoms with E-state index in [0.717, 1.165) is 50.4 Å². The Kier molecular flexibility index (Phi) is 6.58. The van der Waals surface area contributed by atoms with Crippen LogP contribution in [0, 0.1) is 0 Å². The van der Waals surface area contributed by atoms with Gasteiger partial charge >= 0.3 is 0 Å². The number of pyridine rings is 1. The molecule has 0 aliphatic heterocycles. The van der Waals surface area contributed by atoms with Crippen LogP contribution in [0.1, 0.15) is 38.8 Å². The fourth-order valence-corrected chi connectivity index (χ4v) is 1.33. The lowest BCUT2D eigenvalue weighted by Gasteiger charge is -2.06. The van der Waals surface area contributed by atoms with Crippen LogP contribution in [0.5, 0.6) is 5.75 Å². The van der Waals surface area contributed by atoms with Gasteiger partial charge in [0, 0.05) is 6.54 Å². The molecule has 1 heterocycles. The average molecular weight is 222 g/mol. The molecule has 0 fully saturated rings. The number of aromatic nitrogens is 1. The molecule has 0 aliphatic rings. The number of unbranched alkanes of at least 4 members (excludes halogenated alkanes) is 1. The quantitative estimate of drug-likeness (QED) is 0.687. The van der Waals surface area contributed by atoms with Crippen LogP contribution in [0.2, 0.25) is 0 Å². The first-order valence-corrected chi connectivity index (χ1v) is 6.15. The SMILES string of the molecule is CCCCOc1ccc(CNCCC)nc1. The molecule has 0 aliphatic carbocycles. The summed E-state index contributed by atoms with van der Waals surface area (Å²) in [6.07, 6.45) is 5.21. The van der Waals surface area contributed by atoms with Crippen molar-refractivity contribution in [2.45, 2.75) is 39.7 Å². The van der Waals surface area contributed by atoms with Crippen LogP contribution in [-0.4, -0.2) is 18.1 Å². The van der Waals surface area contributed by atoms with E-state index in [1.54, 1.807) is 6.20 Å². The molecule has 1 N–H and O–H groups in total. The fraction of sp³-hybridized carbons (Fsp3) is 0.615. The van der Waals surface area contributed by atoms with Crippen molar-refractivity contribution in [2.75, 3.05) is 13.2 Å². The first-order chi connectivity index (χ1) is 7.86. The van der Waals surface area contributed by atoms with Crippen molar-refractivity contribution in [3.05, 3.63) is 24.0 Å². The molecule has 0 amide bonds. The Morgan fingerprint density at radius 2 is 2.12 bits per heavy atom. The molecule has 0 radical (unpaired) electrons. The molecule has 0 saturated heterocycles. The molecule has 90 valence electrons. The lowest BCUT2D eigenvalue weighted by Crippen LogP contribution is -2.14. The zero-order valence-corrected chi connectivity index (χ0v) is 10.3. The van der Waals surface area contributed by atoms with Crippen LogP contribution in [-0.2, 0) is 6.54 Å². The Morgan fingerprint density at radius 3 is 2.75 bits per heavy atom. The highest BCUT2D eigenvalue weighted by Crippen LogP contribution is 2.09. The van der Waals surface area contributed by atoms with E-state index >= 15 is 0 Å². The Bertz CT molecular complexity index is 243. The number of ether oxygens (including phenoxy) is 1. The van der Waals surface area contributed by atoms with Crippen LogP contribution in [0.3, 0.4) is 0 Å². The molecule has 0 bridgehead atoms. The maximum absolute atomic E-state index is 5.54. The highest BCUT2D eigenvalue weighted by atomic mass is 16.5. The van der Waals surface area contributed by atoms with Gasteiger partial charge in [0.1, 0.15) is 5.75 Å². The van der Waals surface area contributed by atoms with Crippen LogP contribution in [0.15, 0.2) is 18.3 Å². The minimum atomic E-state index is 0.783. The van der Waals surface area contributed by atoms with E-state index in [1.807, 2.05) is 12.1 Å². The lowest BCUT2D eigenvalue weighted by molar-refractivity contribution is 0.308. The average Bonchev–Trinajstić information content (AvgIpc) is 2.32. The molecule has 3 nitrogen and oxygen atoms in total. The molecule has 0 aromatic carbocycles. The normalized spacial score (nSPS) is 10.4. The highest BCUT2D eigenvalue weighted by molar-refractivity contribution is 5.19. The van der Waals surface area contributed by atoms with Crippen LogP contribution in [0.25, 0.3) is 0 Å². The molecule has 0 atom stereocenters. The summed E-state index contributed by atoms with van der Waals surface area (Å²) in [7, 11) is 0. The number of hydrogen-bond donors (Lipinski definition) is 1. The van der Waals surface area contributed by atoms with Gasteiger partial charge in [0.25, 0.3) is 0 Å². The molecule has 0 spiro atoms. The molecule has 3 heteroatoms. The van der Waals surface area contributed by atoms with E-state index in [4.69, 9.17) is 4.74 Å². The molecule has 1 rings (SSSR count). The van der Waals surface area contributed by atoms with Crippen LogP contribution >= 0.6 is 0 Å². The minimum Gasteiger partial charge on any atom is -0.492 e. The molecular formula is C13H22N2O. The second-order valence-corrected chi connectivity index (χ2v) is 3.86. The lowest BCUT2D eigenvalue weighted by atomic mass is 10.3. The molecule has 0 unspecified atom stereocenters. The summed E-state index contributed by atoms with van der Waals surface area (Å²) < 4.78 is 5.54. The summed E-state index contributed by atoms with van der Waals surface area (Å²) in [4.78, 5) is 4.34. The second kappa shape index (κ2) is 8.11. The highest BCUT2D eigenvalue weighted by Gasteiger charge is 1.96. The Hall–Kier alpha value is -1.09. The maximum Gasteiger partial charge on any atom is 0.137 e. The third-order valence-electron chi connectivity index (χ3n) is 2.30. The number of nitrogens with one attached hydrogen (secondary N) is 1. The predicted molar refractivity (Wildman–Crippen MR) is 66.6 cm³/mol. The molecule has 1 aromatic heterocycles. The van der Waals surface area contributed by atoms with E-state index < -0.39 is 0 Å². The van der Waals surface area contributed by atoms with Gasteiger partial charge in [-0.25, -0.2) is 0 Å². The first-order valence-electron chi connectivity index (χ1n) is 6.15. The van der Waals surface area contributed by atoms with Gasteiger partial charge < -0.3 is 10.1 Å². The predicted octanol–water partition coefficient (Wildman–Crippen LogP) is 2.76. The van der Waals surface area contributed by atoms with Gasteiger partial charge in [0.15, 0.2) is 0 Å². The van der Waals surface area contributed by atoms with Crippen LogP contribution < -0.4 is 10.1 Å². The monoisotopic (exact) mass is 222 g/mol. The fourth-order valence-electron chi connectivity index (χ4n) is 1.33. The second-order valence-electron chi connectivity index (χ2n) is 3.86. The summed E-state index contributed by atoms with van der Waals surface area (Å²) in [5.74, 6) is 0.868. The van der Waals surface area contributed by atoms with Crippen molar-refractivity contribution < 1.29 is 4.74 Å².